The van der Waals surface area contributed by atoms with Crippen LogP contribution in [0.1, 0.15) is 13.8 Å². The molecule has 4 heteroatoms. The minimum atomic E-state index is -0.585. The summed E-state index contributed by atoms with van der Waals surface area (Å²) in [4.78, 5) is 0. The van der Waals surface area contributed by atoms with Gasteiger partial charge in [0, 0.05) is 0 Å². The third kappa shape index (κ3) is 3.87. The van der Waals surface area contributed by atoms with Crippen molar-refractivity contribution in [3.8, 4) is 0 Å². The zero-order chi connectivity index (χ0) is 7.40. The van der Waals surface area contributed by atoms with Gasteiger partial charge in [0.15, 0.2) is 0 Å². The molecule has 1 heterocycles. The molecule has 0 aromatic carbocycles. The lowest BCUT2D eigenvalue weighted by Crippen LogP contribution is -2.19. The van der Waals surface area contributed by atoms with E-state index < -0.39 is 14.4 Å². The molecule has 0 aliphatic heterocycles. The highest BCUT2D eigenvalue weighted by molar-refractivity contribution is 6.56. The second kappa shape index (κ2) is 8.01. The highest BCUT2D eigenvalue weighted by Gasteiger charge is 2.13. The van der Waals surface area contributed by atoms with Crippen LogP contribution in [0.25, 0.3) is 0 Å². The van der Waals surface area contributed by atoms with Gasteiger partial charge in [-0.05, 0) is 24.5 Å². The fourth-order valence-electron chi connectivity index (χ4n) is 1.30. The molecule has 0 unspecified atom stereocenters. The number of rotatable bonds is 3. The monoisotopic (exact) mass is 223 g/mol. The molecule has 0 bridgehead atoms. The summed E-state index contributed by atoms with van der Waals surface area (Å²) in [7, 11) is 0. The van der Waals surface area contributed by atoms with Crippen molar-refractivity contribution < 1.29 is 0 Å². The van der Waals surface area contributed by atoms with Crippen molar-refractivity contribution in [1.82, 2.24) is 3.55 Å². The van der Waals surface area contributed by atoms with Crippen LogP contribution < -0.4 is 0 Å². The van der Waals surface area contributed by atoms with Crippen molar-refractivity contribution in [2.45, 2.75) is 24.4 Å². The molecule has 0 aliphatic rings. The van der Waals surface area contributed by atoms with Gasteiger partial charge in [-0.25, -0.2) is 0 Å². The fraction of sp³-hybridized carbons (Fsp3) is 0.500. The van der Waals surface area contributed by atoms with Gasteiger partial charge in [0.2, 0.25) is 0 Å². The van der Waals surface area contributed by atoms with Crippen LogP contribution in [-0.2, 0) is 0 Å². The van der Waals surface area contributed by atoms with Crippen molar-refractivity contribution in [2.75, 3.05) is 0 Å². The van der Waals surface area contributed by atoms with Gasteiger partial charge in [-0.2, -0.15) is 0 Å². The molecule has 1 nitrogen and oxygen atoms in total. The maximum Gasteiger partial charge on any atom is 0.417 e. The predicted octanol–water partition coefficient (Wildman–Crippen LogP) is 3.21. The van der Waals surface area contributed by atoms with Gasteiger partial charge < -0.3 is 3.55 Å². The fourth-order valence-corrected chi connectivity index (χ4v) is 3.41. The Labute approximate surface area is 91.6 Å². The first-order valence-electron chi connectivity index (χ1n) is 4.01. The number of halogens is 2. The predicted molar refractivity (Wildman–Crippen MR) is 61.0 cm³/mol. The first-order valence-corrected chi connectivity index (χ1v) is 6.15. The summed E-state index contributed by atoms with van der Waals surface area (Å²) in [5, 5.41) is 2.73. The minimum absolute atomic E-state index is 0. The van der Waals surface area contributed by atoms with E-state index in [9.17, 15) is 0 Å². The third-order valence-corrected chi connectivity index (χ3v) is 5.06. The van der Waals surface area contributed by atoms with Gasteiger partial charge in [-0.1, -0.05) is 24.4 Å². The molecule has 0 fully saturated rings. The molecular weight excluding hydrogens is 208 g/mol. The Morgan fingerprint density at radius 2 is 1.42 bits per heavy atom. The van der Waals surface area contributed by atoms with E-state index in [1.807, 2.05) is 0 Å². The van der Waals surface area contributed by atoms with Crippen LogP contribution in [0.5, 0.6) is 0 Å². The smallest absolute Gasteiger partial charge is 0.417 e. The quantitative estimate of drug-likeness (QED) is 0.694. The lowest BCUT2D eigenvalue weighted by molar-refractivity contribution is 1.11. The summed E-state index contributed by atoms with van der Waals surface area (Å²) >= 11 is -0.585. The molecule has 1 aromatic heterocycles. The Balaban J connectivity index is 0. The van der Waals surface area contributed by atoms with Crippen LogP contribution in [0, 0.1) is 0 Å². The van der Waals surface area contributed by atoms with Crippen LogP contribution in [0.15, 0.2) is 24.5 Å². The maximum absolute atomic E-state index is 2.42. The van der Waals surface area contributed by atoms with E-state index >= 15 is 0 Å². The van der Waals surface area contributed by atoms with Gasteiger partial charge in [0.1, 0.15) is 0 Å². The van der Waals surface area contributed by atoms with E-state index in [0.717, 1.165) is 0 Å². The Kier molecular flexibility index (Phi) is 9.94. The lowest BCUT2D eigenvalue weighted by atomic mass is 10.7. The van der Waals surface area contributed by atoms with E-state index in [2.05, 4.69) is 41.9 Å². The summed E-state index contributed by atoms with van der Waals surface area (Å²) in [5.41, 5.74) is 0. The van der Waals surface area contributed by atoms with Crippen LogP contribution in [0.3, 0.4) is 0 Å². The van der Waals surface area contributed by atoms with Crippen molar-refractivity contribution >= 4 is 39.2 Å². The highest BCUT2D eigenvalue weighted by atomic mass is 35.5. The lowest BCUT2D eigenvalue weighted by Gasteiger charge is -2.06. The summed E-state index contributed by atoms with van der Waals surface area (Å²) in [6.07, 6.45) is 4.40. The summed E-state index contributed by atoms with van der Waals surface area (Å²) in [6, 6.07) is 4.23. The van der Waals surface area contributed by atoms with E-state index in [1.165, 1.54) is 10.6 Å². The second-order valence-corrected chi connectivity index (χ2v) is 6.14. The van der Waals surface area contributed by atoms with Crippen molar-refractivity contribution in [2.24, 2.45) is 0 Å². The SMILES string of the molecule is C[CH2][Al]([CH2]C)[n]1cccc1.Cl.Cl. The number of nitrogens with zero attached hydrogens (tertiary/aromatic N) is 1. The van der Waals surface area contributed by atoms with E-state index in [1.54, 1.807) is 0 Å². The Bertz CT molecular complexity index is 173. The first kappa shape index (κ1) is 14.9. The van der Waals surface area contributed by atoms with Crippen molar-refractivity contribution in [3.63, 3.8) is 0 Å². The maximum atomic E-state index is 2.42. The number of hydrogen-bond acceptors (Lipinski definition) is 0. The molecule has 0 amide bonds. The van der Waals surface area contributed by atoms with Gasteiger partial charge in [-0.3, -0.25) is 0 Å². The molecule has 0 aliphatic carbocycles. The van der Waals surface area contributed by atoms with Crippen LogP contribution in [-0.4, -0.2) is 17.9 Å². The Hall–Kier alpha value is 0.392. The van der Waals surface area contributed by atoms with Crippen molar-refractivity contribution in [3.05, 3.63) is 24.5 Å². The summed E-state index contributed by atoms with van der Waals surface area (Å²) in [5.74, 6) is 0. The normalized spacial score (nSPS) is 8.17. The minimum Gasteiger partial charge on any atom is -0.446 e. The van der Waals surface area contributed by atoms with Crippen LogP contribution in [0.2, 0.25) is 10.6 Å². The highest BCUT2D eigenvalue weighted by Crippen LogP contribution is 2.02. The second-order valence-electron chi connectivity index (χ2n) is 2.60. The van der Waals surface area contributed by atoms with Crippen LogP contribution >= 0.6 is 24.8 Å². The standard InChI is InChI=1S/C4H4N.2C2H5.Al.2ClH/c1-2-4-5-3-1;2*1-2;;;/h1-4H;2*1H2,2H3;;2*1H/q-1;;;+1;;. The topological polar surface area (TPSA) is 4.93 Å². The van der Waals surface area contributed by atoms with Crippen LogP contribution in [0.4, 0.5) is 0 Å². The van der Waals surface area contributed by atoms with Gasteiger partial charge in [0.25, 0.3) is 0 Å². The zero-order valence-electron chi connectivity index (χ0n) is 7.56. The van der Waals surface area contributed by atoms with E-state index in [-0.39, 0.29) is 24.8 Å². The Morgan fingerprint density at radius 3 is 1.75 bits per heavy atom. The molecule has 1 aromatic rings. The van der Waals surface area contributed by atoms with Crippen molar-refractivity contribution in [1.29, 1.82) is 0 Å². The molecular formula is C8H16AlCl2N. The molecule has 70 valence electrons. The molecule has 0 atom stereocenters. The largest absolute Gasteiger partial charge is 0.446 e. The summed E-state index contributed by atoms with van der Waals surface area (Å²) in [6.45, 7) is 4.58. The zero-order valence-corrected chi connectivity index (χ0v) is 10.4. The third-order valence-electron chi connectivity index (χ3n) is 1.99. The number of aromatic nitrogens is 1. The van der Waals surface area contributed by atoms with E-state index in [0.29, 0.717) is 0 Å². The van der Waals surface area contributed by atoms with E-state index in [4.69, 9.17) is 0 Å². The molecule has 0 saturated carbocycles. The number of hydrogen-bond donors (Lipinski definition) is 0. The van der Waals surface area contributed by atoms with Gasteiger partial charge >= 0.3 is 14.4 Å². The average molecular weight is 224 g/mol. The molecule has 0 saturated heterocycles. The average Bonchev–Trinajstić information content (AvgIpc) is 2.43. The first-order chi connectivity index (χ1) is 4.88. The van der Waals surface area contributed by atoms with Gasteiger partial charge in [-0.15, -0.1) is 24.8 Å². The molecule has 12 heavy (non-hydrogen) atoms. The summed E-state index contributed by atoms with van der Waals surface area (Å²) < 4.78 is 2.42. The molecule has 0 spiro atoms. The Morgan fingerprint density at radius 1 is 1.00 bits per heavy atom. The molecule has 1 rings (SSSR count). The molecule has 0 N–H and O–H groups in total. The molecule has 0 radical (unpaired) electrons. The van der Waals surface area contributed by atoms with Gasteiger partial charge in [0.05, 0.1) is 0 Å².